The predicted molar refractivity (Wildman–Crippen MR) is 77.8 cm³/mol. The molecule has 1 aromatic heterocycles. The number of terminal acetylenes is 1. The van der Waals surface area contributed by atoms with Gasteiger partial charge in [0.25, 0.3) is 0 Å². The van der Waals surface area contributed by atoms with Gasteiger partial charge in [-0.2, -0.15) is 5.10 Å². The van der Waals surface area contributed by atoms with E-state index in [0.29, 0.717) is 6.04 Å². The number of nitrogens with zero attached hydrogens (tertiary/aromatic N) is 3. The van der Waals surface area contributed by atoms with Crippen LogP contribution in [0.2, 0.25) is 0 Å². The smallest absolute Gasteiger partial charge is 0.0641 e. The summed E-state index contributed by atoms with van der Waals surface area (Å²) in [5.74, 6) is 2.72. The molecule has 0 spiro atoms. The van der Waals surface area contributed by atoms with Crippen molar-refractivity contribution in [1.29, 1.82) is 0 Å². The third-order valence-corrected chi connectivity index (χ3v) is 4.13. The number of hydrogen-bond donors (Lipinski definition) is 1. The Morgan fingerprint density at radius 2 is 2.05 bits per heavy atom. The molecule has 19 heavy (non-hydrogen) atoms. The summed E-state index contributed by atoms with van der Waals surface area (Å²) in [6.07, 6.45) is 7.71. The lowest BCUT2D eigenvalue weighted by Crippen LogP contribution is -2.42. The molecule has 1 aliphatic rings. The van der Waals surface area contributed by atoms with Crippen molar-refractivity contribution in [2.45, 2.75) is 39.3 Å². The van der Waals surface area contributed by atoms with Crippen molar-refractivity contribution in [3.8, 4) is 12.3 Å². The fourth-order valence-electron chi connectivity index (χ4n) is 2.74. The maximum absolute atomic E-state index is 5.35. The zero-order valence-corrected chi connectivity index (χ0v) is 12.2. The SMILES string of the molecule is C#CCN1CCC(NCc2c(C)nn(C)c2C)CC1. The highest BCUT2D eigenvalue weighted by Gasteiger charge is 2.19. The molecular formula is C15H24N4. The highest BCUT2D eigenvalue weighted by molar-refractivity contribution is 5.24. The van der Waals surface area contributed by atoms with Gasteiger partial charge in [0.15, 0.2) is 0 Å². The Hall–Kier alpha value is -1.31. The first kappa shape index (κ1) is 14.1. The molecule has 0 radical (unpaired) electrons. The van der Waals surface area contributed by atoms with Crippen molar-refractivity contribution in [2.24, 2.45) is 7.05 Å². The van der Waals surface area contributed by atoms with E-state index in [0.717, 1.165) is 31.9 Å². The van der Waals surface area contributed by atoms with Crippen LogP contribution in [-0.2, 0) is 13.6 Å². The molecule has 0 saturated carbocycles. The Labute approximate surface area is 116 Å². The minimum absolute atomic E-state index is 0.605. The van der Waals surface area contributed by atoms with Crippen LogP contribution in [0.25, 0.3) is 0 Å². The minimum Gasteiger partial charge on any atom is -0.310 e. The highest BCUT2D eigenvalue weighted by Crippen LogP contribution is 2.14. The first-order chi connectivity index (χ1) is 9.11. The van der Waals surface area contributed by atoms with Crippen LogP contribution < -0.4 is 5.32 Å². The molecule has 2 rings (SSSR count). The molecule has 0 unspecified atom stereocenters. The van der Waals surface area contributed by atoms with Crippen molar-refractivity contribution >= 4 is 0 Å². The zero-order valence-electron chi connectivity index (χ0n) is 12.2. The molecule has 0 amide bonds. The molecule has 0 aliphatic carbocycles. The van der Waals surface area contributed by atoms with Gasteiger partial charge < -0.3 is 5.32 Å². The summed E-state index contributed by atoms with van der Waals surface area (Å²) in [4.78, 5) is 2.35. The van der Waals surface area contributed by atoms with Crippen molar-refractivity contribution in [3.63, 3.8) is 0 Å². The van der Waals surface area contributed by atoms with E-state index in [1.807, 2.05) is 11.7 Å². The number of rotatable bonds is 4. The first-order valence-electron chi connectivity index (χ1n) is 7.00. The van der Waals surface area contributed by atoms with Gasteiger partial charge in [0.1, 0.15) is 0 Å². The monoisotopic (exact) mass is 260 g/mol. The Morgan fingerprint density at radius 3 is 2.58 bits per heavy atom. The van der Waals surface area contributed by atoms with Crippen LogP contribution in [0.1, 0.15) is 29.8 Å². The number of aromatic nitrogens is 2. The van der Waals surface area contributed by atoms with Crippen LogP contribution >= 0.6 is 0 Å². The van der Waals surface area contributed by atoms with Crippen LogP contribution in [0.3, 0.4) is 0 Å². The van der Waals surface area contributed by atoms with Crippen LogP contribution in [0.4, 0.5) is 0 Å². The Bertz CT molecular complexity index is 461. The third kappa shape index (κ3) is 3.37. The van der Waals surface area contributed by atoms with Crippen LogP contribution in [0, 0.1) is 26.2 Å². The first-order valence-corrected chi connectivity index (χ1v) is 7.00. The fraction of sp³-hybridized carbons (Fsp3) is 0.667. The van der Waals surface area contributed by atoms with E-state index in [1.165, 1.54) is 24.1 Å². The molecule has 2 heterocycles. The van der Waals surface area contributed by atoms with Crippen molar-refractivity contribution in [3.05, 3.63) is 17.0 Å². The summed E-state index contributed by atoms with van der Waals surface area (Å²) >= 11 is 0. The van der Waals surface area contributed by atoms with E-state index in [-0.39, 0.29) is 0 Å². The summed E-state index contributed by atoms with van der Waals surface area (Å²) < 4.78 is 1.96. The number of likely N-dealkylation sites (tertiary alicyclic amines) is 1. The lowest BCUT2D eigenvalue weighted by molar-refractivity contribution is 0.217. The summed E-state index contributed by atoms with van der Waals surface area (Å²) in [7, 11) is 2.00. The summed E-state index contributed by atoms with van der Waals surface area (Å²) in [5, 5.41) is 8.12. The molecule has 0 atom stereocenters. The summed E-state index contributed by atoms with van der Waals surface area (Å²) in [5.41, 5.74) is 3.74. The average Bonchev–Trinajstić information content (AvgIpc) is 2.64. The number of aryl methyl sites for hydroxylation is 2. The molecule has 0 aromatic carbocycles. The normalized spacial score (nSPS) is 17.6. The van der Waals surface area contributed by atoms with Crippen molar-refractivity contribution in [1.82, 2.24) is 20.0 Å². The second kappa shape index (κ2) is 6.23. The number of hydrogen-bond acceptors (Lipinski definition) is 3. The molecule has 1 aliphatic heterocycles. The lowest BCUT2D eigenvalue weighted by atomic mass is 10.0. The van der Waals surface area contributed by atoms with Gasteiger partial charge in [0, 0.05) is 44.0 Å². The molecule has 4 heteroatoms. The van der Waals surface area contributed by atoms with Gasteiger partial charge in [-0.3, -0.25) is 9.58 Å². The molecular weight excluding hydrogens is 236 g/mol. The Kier molecular flexibility index (Phi) is 4.62. The third-order valence-electron chi connectivity index (χ3n) is 4.13. The zero-order chi connectivity index (χ0) is 13.8. The van der Waals surface area contributed by atoms with Gasteiger partial charge in [-0.15, -0.1) is 6.42 Å². The second-order valence-corrected chi connectivity index (χ2v) is 5.41. The molecule has 1 fully saturated rings. The van der Waals surface area contributed by atoms with Crippen LogP contribution in [0.15, 0.2) is 0 Å². The van der Waals surface area contributed by atoms with E-state index < -0.39 is 0 Å². The minimum atomic E-state index is 0.605. The Balaban J connectivity index is 1.82. The van der Waals surface area contributed by atoms with E-state index in [1.54, 1.807) is 0 Å². The van der Waals surface area contributed by atoms with Crippen molar-refractivity contribution < 1.29 is 0 Å². The maximum atomic E-state index is 5.35. The van der Waals surface area contributed by atoms with Gasteiger partial charge in [0.05, 0.1) is 12.2 Å². The largest absolute Gasteiger partial charge is 0.310 e. The van der Waals surface area contributed by atoms with Gasteiger partial charge >= 0.3 is 0 Å². The van der Waals surface area contributed by atoms with Crippen LogP contribution in [-0.4, -0.2) is 40.4 Å². The molecule has 1 N–H and O–H groups in total. The Morgan fingerprint density at radius 1 is 1.37 bits per heavy atom. The lowest BCUT2D eigenvalue weighted by Gasteiger charge is -2.31. The van der Waals surface area contributed by atoms with E-state index >= 15 is 0 Å². The fourth-order valence-corrected chi connectivity index (χ4v) is 2.74. The van der Waals surface area contributed by atoms with Gasteiger partial charge in [-0.25, -0.2) is 0 Å². The average molecular weight is 260 g/mol. The van der Waals surface area contributed by atoms with E-state index in [4.69, 9.17) is 6.42 Å². The van der Waals surface area contributed by atoms with Crippen molar-refractivity contribution in [2.75, 3.05) is 19.6 Å². The van der Waals surface area contributed by atoms with Gasteiger partial charge in [0.2, 0.25) is 0 Å². The van der Waals surface area contributed by atoms with Crippen LogP contribution in [0.5, 0.6) is 0 Å². The summed E-state index contributed by atoms with van der Waals surface area (Å²) in [6.45, 7) is 8.13. The van der Waals surface area contributed by atoms with E-state index in [9.17, 15) is 0 Å². The van der Waals surface area contributed by atoms with Gasteiger partial charge in [-0.05, 0) is 26.7 Å². The number of nitrogens with one attached hydrogen (secondary N) is 1. The quantitative estimate of drug-likeness (QED) is 0.827. The number of piperidine rings is 1. The maximum Gasteiger partial charge on any atom is 0.0641 e. The topological polar surface area (TPSA) is 33.1 Å². The van der Waals surface area contributed by atoms with Gasteiger partial charge in [-0.1, -0.05) is 5.92 Å². The van der Waals surface area contributed by atoms with E-state index in [2.05, 4.69) is 35.1 Å². The second-order valence-electron chi connectivity index (χ2n) is 5.41. The molecule has 1 saturated heterocycles. The molecule has 1 aromatic rings. The highest BCUT2D eigenvalue weighted by atomic mass is 15.3. The molecule has 0 bridgehead atoms. The molecule has 4 nitrogen and oxygen atoms in total. The summed E-state index contributed by atoms with van der Waals surface area (Å²) in [6, 6.07) is 0.605. The standard InChI is InChI=1S/C15H24N4/c1-5-8-19-9-6-14(7-10-19)16-11-15-12(2)17-18(4)13(15)3/h1,14,16H,6-11H2,2-4H3. The predicted octanol–water partition coefficient (Wildman–Crippen LogP) is 1.22. The molecule has 104 valence electrons.